The van der Waals surface area contributed by atoms with E-state index in [0.29, 0.717) is 16.3 Å². The first-order valence-corrected chi connectivity index (χ1v) is 16.1. The molecule has 0 aromatic heterocycles. The lowest BCUT2D eigenvalue weighted by atomic mass is 10.0. The number of rotatable bonds is 13. The van der Waals surface area contributed by atoms with Crippen molar-refractivity contribution in [3.63, 3.8) is 0 Å². The Morgan fingerprint density at radius 2 is 1.51 bits per heavy atom. The molecule has 7 nitrogen and oxygen atoms in total. The smallest absolute Gasteiger partial charge is 0.244 e. The van der Waals surface area contributed by atoms with Crippen LogP contribution in [0.25, 0.3) is 0 Å². The standard InChI is InChI=1S/C32H40ClN3O4S/c1-6-24(4)34-32(38)30(20-25-12-8-7-9-13-25)35(21-27-14-10-11-15-29(27)33)31(37)22-36(41(5,39)40)28-18-16-26(17-19-28)23(2)3/h7-19,23-24,30H,6,20-22H2,1-5H3,(H,34,38). The average molecular weight is 598 g/mol. The highest BCUT2D eigenvalue weighted by Crippen LogP contribution is 2.24. The van der Waals surface area contributed by atoms with Crippen LogP contribution in [-0.4, -0.2) is 50.0 Å². The first-order chi connectivity index (χ1) is 19.4. The molecule has 3 aromatic carbocycles. The number of halogens is 1. The molecule has 2 amide bonds. The van der Waals surface area contributed by atoms with Crippen molar-refractivity contribution in [2.75, 3.05) is 17.1 Å². The van der Waals surface area contributed by atoms with Crippen LogP contribution in [-0.2, 0) is 32.6 Å². The van der Waals surface area contributed by atoms with Gasteiger partial charge in [0.05, 0.1) is 11.9 Å². The van der Waals surface area contributed by atoms with Crippen LogP contribution in [0.2, 0.25) is 5.02 Å². The third-order valence-corrected chi connectivity index (χ3v) is 8.61. The zero-order chi connectivity index (χ0) is 30.2. The third kappa shape index (κ3) is 9.07. The van der Waals surface area contributed by atoms with Gasteiger partial charge in [-0.1, -0.05) is 93.0 Å². The van der Waals surface area contributed by atoms with E-state index in [1.165, 1.54) is 4.90 Å². The number of hydrogen-bond donors (Lipinski definition) is 1. The van der Waals surface area contributed by atoms with Crippen molar-refractivity contribution >= 4 is 39.1 Å². The fourth-order valence-electron chi connectivity index (χ4n) is 4.44. The molecule has 41 heavy (non-hydrogen) atoms. The Morgan fingerprint density at radius 3 is 2.07 bits per heavy atom. The van der Waals surface area contributed by atoms with Crippen LogP contribution in [0.3, 0.4) is 0 Å². The molecular weight excluding hydrogens is 558 g/mol. The van der Waals surface area contributed by atoms with Gasteiger partial charge in [0.15, 0.2) is 0 Å². The van der Waals surface area contributed by atoms with Gasteiger partial charge in [0, 0.05) is 24.0 Å². The summed E-state index contributed by atoms with van der Waals surface area (Å²) in [5, 5.41) is 3.47. The summed E-state index contributed by atoms with van der Waals surface area (Å²) >= 11 is 6.49. The molecule has 0 spiro atoms. The van der Waals surface area contributed by atoms with E-state index in [9.17, 15) is 18.0 Å². The predicted octanol–water partition coefficient (Wildman–Crippen LogP) is 5.78. The Balaban J connectivity index is 2.06. The van der Waals surface area contributed by atoms with Crippen LogP contribution in [0.4, 0.5) is 5.69 Å². The first-order valence-electron chi connectivity index (χ1n) is 13.9. The zero-order valence-electron chi connectivity index (χ0n) is 24.4. The maximum atomic E-state index is 14.2. The van der Waals surface area contributed by atoms with Crippen LogP contribution in [0.5, 0.6) is 0 Å². The van der Waals surface area contributed by atoms with Crippen molar-refractivity contribution < 1.29 is 18.0 Å². The van der Waals surface area contributed by atoms with Crippen molar-refractivity contribution in [1.82, 2.24) is 10.2 Å². The summed E-state index contributed by atoms with van der Waals surface area (Å²) in [7, 11) is -3.83. The second-order valence-corrected chi connectivity index (χ2v) is 13.0. The zero-order valence-corrected chi connectivity index (χ0v) is 26.0. The Morgan fingerprint density at radius 1 is 0.902 bits per heavy atom. The van der Waals surface area contributed by atoms with E-state index in [1.807, 2.05) is 62.4 Å². The highest BCUT2D eigenvalue weighted by atomic mass is 35.5. The Labute approximate surface area is 249 Å². The van der Waals surface area contributed by atoms with E-state index >= 15 is 0 Å². The summed E-state index contributed by atoms with van der Waals surface area (Å²) in [4.78, 5) is 29.3. The molecule has 3 rings (SSSR count). The number of anilines is 1. The van der Waals surface area contributed by atoms with Gasteiger partial charge in [0.1, 0.15) is 12.6 Å². The molecule has 2 atom stereocenters. The van der Waals surface area contributed by atoms with Crippen LogP contribution in [0.15, 0.2) is 78.9 Å². The Bertz CT molecular complexity index is 1410. The van der Waals surface area contributed by atoms with Crippen molar-refractivity contribution in [3.8, 4) is 0 Å². The number of carbonyl (C=O) groups excluding carboxylic acids is 2. The van der Waals surface area contributed by atoms with Crippen LogP contribution >= 0.6 is 11.6 Å². The summed E-state index contributed by atoms with van der Waals surface area (Å²) in [6.07, 6.45) is 2.05. The molecule has 0 aliphatic heterocycles. The third-order valence-electron chi connectivity index (χ3n) is 7.10. The van der Waals surface area contributed by atoms with Crippen molar-refractivity contribution in [2.45, 2.75) is 65.1 Å². The molecule has 0 radical (unpaired) electrons. The molecule has 0 saturated heterocycles. The van der Waals surface area contributed by atoms with E-state index < -0.39 is 28.5 Å². The molecule has 0 heterocycles. The van der Waals surface area contributed by atoms with Gasteiger partial charge in [-0.15, -0.1) is 0 Å². The number of benzene rings is 3. The second kappa shape index (κ2) is 14.5. The number of nitrogens with zero attached hydrogens (tertiary/aromatic N) is 2. The van der Waals surface area contributed by atoms with Gasteiger partial charge >= 0.3 is 0 Å². The lowest BCUT2D eigenvalue weighted by Gasteiger charge is -2.34. The minimum atomic E-state index is -3.83. The molecule has 0 saturated carbocycles. The van der Waals surface area contributed by atoms with Gasteiger partial charge in [0.2, 0.25) is 21.8 Å². The Hall–Kier alpha value is -3.36. The van der Waals surface area contributed by atoms with E-state index in [4.69, 9.17) is 11.6 Å². The van der Waals surface area contributed by atoms with Crippen LogP contribution in [0, 0.1) is 0 Å². The normalized spacial score (nSPS) is 13.0. The molecule has 1 N–H and O–H groups in total. The lowest BCUT2D eigenvalue weighted by molar-refractivity contribution is -0.140. The summed E-state index contributed by atoms with van der Waals surface area (Å²) in [5.41, 5.74) is 2.97. The SMILES string of the molecule is CCC(C)NC(=O)C(Cc1ccccc1)N(Cc1ccccc1Cl)C(=O)CN(c1ccc(C(C)C)cc1)S(C)(=O)=O. The fourth-order valence-corrected chi connectivity index (χ4v) is 5.49. The molecule has 3 aromatic rings. The number of sulfonamides is 1. The van der Waals surface area contributed by atoms with Gasteiger partial charge in [-0.25, -0.2) is 8.42 Å². The maximum absolute atomic E-state index is 14.2. The maximum Gasteiger partial charge on any atom is 0.244 e. The van der Waals surface area contributed by atoms with Crippen LogP contribution in [0.1, 0.15) is 56.7 Å². The minimum Gasteiger partial charge on any atom is -0.352 e. The van der Waals surface area contributed by atoms with Crippen molar-refractivity contribution in [3.05, 3.63) is 101 Å². The summed E-state index contributed by atoms with van der Waals surface area (Å²) in [6.45, 7) is 7.55. The quantitative estimate of drug-likeness (QED) is 0.270. The van der Waals surface area contributed by atoms with Gasteiger partial charge < -0.3 is 10.2 Å². The second-order valence-electron chi connectivity index (χ2n) is 10.7. The van der Waals surface area contributed by atoms with E-state index in [-0.39, 0.29) is 30.8 Å². The van der Waals surface area contributed by atoms with E-state index in [1.54, 1.807) is 30.3 Å². The minimum absolute atomic E-state index is 0.0355. The number of hydrogen-bond acceptors (Lipinski definition) is 4. The fraction of sp³-hybridized carbons (Fsp3) is 0.375. The average Bonchev–Trinajstić information content (AvgIpc) is 2.94. The summed E-state index contributed by atoms with van der Waals surface area (Å²) in [6, 6.07) is 22.7. The van der Waals surface area contributed by atoms with Crippen LogP contribution < -0.4 is 9.62 Å². The monoisotopic (exact) mass is 597 g/mol. The molecule has 0 bridgehead atoms. The van der Waals surface area contributed by atoms with Crippen molar-refractivity contribution in [1.29, 1.82) is 0 Å². The molecule has 2 unspecified atom stereocenters. The molecule has 220 valence electrons. The van der Waals surface area contributed by atoms with Gasteiger partial charge in [-0.2, -0.15) is 0 Å². The van der Waals surface area contributed by atoms with Gasteiger partial charge in [0.25, 0.3) is 0 Å². The summed E-state index contributed by atoms with van der Waals surface area (Å²) < 4.78 is 27.0. The molecule has 0 aliphatic rings. The van der Waals surface area contributed by atoms with Gasteiger partial charge in [-0.3, -0.25) is 13.9 Å². The van der Waals surface area contributed by atoms with Gasteiger partial charge in [-0.05, 0) is 54.2 Å². The highest BCUT2D eigenvalue weighted by Gasteiger charge is 2.33. The predicted molar refractivity (Wildman–Crippen MR) is 167 cm³/mol. The Kier molecular flexibility index (Phi) is 11.4. The number of carbonyl (C=O) groups is 2. The molecular formula is C32H40ClN3O4S. The highest BCUT2D eigenvalue weighted by molar-refractivity contribution is 7.92. The number of amides is 2. The van der Waals surface area contributed by atoms with E-state index in [2.05, 4.69) is 19.2 Å². The first kappa shape index (κ1) is 32.2. The largest absolute Gasteiger partial charge is 0.352 e. The van der Waals surface area contributed by atoms with Crippen molar-refractivity contribution in [2.24, 2.45) is 0 Å². The molecule has 0 aliphatic carbocycles. The summed E-state index contributed by atoms with van der Waals surface area (Å²) in [5.74, 6) is -0.550. The topological polar surface area (TPSA) is 86.8 Å². The van der Waals surface area contributed by atoms with E-state index in [0.717, 1.165) is 28.1 Å². The molecule has 9 heteroatoms. The molecule has 0 fully saturated rings. The number of nitrogens with one attached hydrogen (secondary N) is 1. The lowest BCUT2D eigenvalue weighted by Crippen LogP contribution is -2.54.